The van der Waals surface area contributed by atoms with Crippen LogP contribution in [0.15, 0.2) is 18.2 Å². The number of rotatable bonds is 7. The maximum absolute atomic E-state index is 13.1. The standard InChI is InChI=1S/C14H21ClFNO/c1-3-7-17-8-6-14(2,18)10-11-9-12(16)4-5-13(11)15/h4-5,9,17-18H,3,6-8,10H2,1-2H3. The van der Waals surface area contributed by atoms with Crippen LogP contribution in [0.4, 0.5) is 4.39 Å². The summed E-state index contributed by atoms with van der Waals surface area (Å²) in [6.07, 6.45) is 2.04. The van der Waals surface area contributed by atoms with E-state index in [1.165, 1.54) is 18.2 Å². The molecule has 2 nitrogen and oxygen atoms in total. The molecule has 1 aromatic carbocycles. The van der Waals surface area contributed by atoms with Crippen molar-refractivity contribution in [1.29, 1.82) is 0 Å². The first-order chi connectivity index (χ1) is 8.44. The highest BCUT2D eigenvalue weighted by Crippen LogP contribution is 2.23. The fourth-order valence-corrected chi connectivity index (χ4v) is 2.02. The maximum atomic E-state index is 13.1. The molecule has 2 N–H and O–H groups in total. The van der Waals surface area contributed by atoms with Crippen LogP contribution < -0.4 is 5.32 Å². The van der Waals surface area contributed by atoms with Crippen LogP contribution >= 0.6 is 11.6 Å². The van der Waals surface area contributed by atoms with Gasteiger partial charge in [0.15, 0.2) is 0 Å². The van der Waals surface area contributed by atoms with Gasteiger partial charge >= 0.3 is 0 Å². The molecule has 0 aliphatic carbocycles. The third-order valence-electron chi connectivity index (χ3n) is 2.85. The first-order valence-corrected chi connectivity index (χ1v) is 6.69. The monoisotopic (exact) mass is 273 g/mol. The molecule has 0 radical (unpaired) electrons. The lowest BCUT2D eigenvalue weighted by Crippen LogP contribution is -2.32. The molecule has 4 heteroatoms. The van der Waals surface area contributed by atoms with Crippen LogP contribution in [0.3, 0.4) is 0 Å². The zero-order valence-electron chi connectivity index (χ0n) is 11.0. The van der Waals surface area contributed by atoms with Crippen molar-refractivity contribution >= 4 is 11.6 Å². The molecule has 0 spiro atoms. The van der Waals surface area contributed by atoms with Crippen LogP contribution in [0.1, 0.15) is 32.3 Å². The van der Waals surface area contributed by atoms with Crippen molar-refractivity contribution in [1.82, 2.24) is 5.32 Å². The van der Waals surface area contributed by atoms with Crippen molar-refractivity contribution in [2.45, 2.75) is 38.7 Å². The van der Waals surface area contributed by atoms with Gasteiger partial charge in [0.1, 0.15) is 5.82 Å². The van der Waals surface area contributed by atoms with Gasteiger partial charge in [-0.05, 0) is 56.6 Å². The highest BCUT2D eigenvalue weighted by molar-refractivity contribution is 6.31. The second-order valence-electron chi connectivity index (χ2n) is 4.91. The third kappa shape index (κ3) is 5.34. The average molecular weight is 274 g/mol. The summed E-state index contributed by atoms with van der Waals surface area (Å²) in [7, 11) is 0. The summed E-state index contributed by atoms with van der Waals surface area (Å²) in [4.78, 5) is 0. The smallest absolute Gasteiger partial charge is 0.123 e. The zero-order valence-corrected chi connectivity index (χ0v) is 11.7. The lowest BCUT2D eigenvalue weighted by molar-refractivity contribution is 0.0515. The topological polar surface area (TPSA) is 32.3 Å². The van der Waals surface area contributed by atoms with Crippen molar-refractivity contribution in [2.24, 2.45) is 0 Å². The molecular weight excluding hydrogens is 253 g/mol. The maximum Gasteiger partial charge on any atom is 0.123 e. The molecule has 0 aliphatic heterocycles. The molecule has 0 fully saturated rings. The van der Waals surface area contributed by atoms with Gasteiger partial charge in [-0.3, -0.25) is 0 Å². The Morgan fingerprint density at radius 3 is 2.78 bits per heavy atom. The Labute approximate surface area is 113 Å². The third-order valence-corrected chi connectivity index (χ3v) is 3.21. The number of hydrogen-bond donors (Lipinski definition) is 2. The van der Waals surface area contributed by atoms with Crippen molar-refractivity contribution in [3.8, 4) is 0 Å². The highest BCUT2D eigenvalue weighted by atomic mass is 35.5. The summed E-state index contributed by atoms with van der Waals surface area (Å²) in [5.74, 6) is -0.325. The fraction of sp³-hybridized carbons (Fsp3) is 0.571. The number of nitrogens with one attached hydrogen (secondary N) is 1. The molecule has 1 atom stereocenters. The van der Waals surface area contributed by atoms with Gasteiger partial charge in [0.2, 0.25) is 0 Å². The molecule has 0 aliphatic rings. The van der Waals surface area contributed by atoms with Gasteiger partial charge in [0.05, 0.1) is 5.60 Å². The van der Waals surface area contributed by atoms with Crippen LogP contribution in [0.25, 0.3) is 0 Å². The Hall–Kier alpha value is -0.640. The molecular formula is C14H21ClFNO. The predicted octanol–water partition coefficient (Wildman–Crippen LogP) is 3.16. The van der Waals surface area contributed by atoms with Gasteiger partial charge < -0.3 is 10.4 Å². The lowest BCUT2D eigenvalue weighted by Gasteiger charge is -2.24. The summed E-state index contributed by atoms with van der Waals surface area (Å²) < 4.78 is 13.1. The molecule has 0 amide bonds. The highest BCUT2D eigenvalue weighted by Gasteiger charge is 2.21. The van der Waals surface area contributed by atoms with Gasteiger partial charge in [-0.2, -0.15) is 0 Å². The van der Waals surface area contributed by atoms with Crippen molar-refractivity contribution in [2.75, 3.05) is 13.1 Å². The predicted molar refractivity (Wildman–Crippen MR) is 73.5 cm³/mol. The first kappa shape index (κ1) is 15.4. The number of hydrogen-bond acceptors (Lipinski definition) is 2. The number of benzene rings is 1. The van der Waals surface area contributed by atoms with E-state index in [2.05, 4.69) is 12.2 Å². The van der Waals surface area contributed by atoms with E-state index in [1.807, 2.05) is 0 Å². The second kappa shape index (κ2) is 7.07. The van der Waals surface area contributed by atoms with E-state index in [0.717, 1.165) is 19.5 Å². The molecule has 1 rings (SSSR count). The Bertz CT molecular complexity index is 382. The van der Waals surface area contributed by atoms with E-state index < -0.39 is 5.60 Å². The number of halogens is 2. The largest absolute Gasteiger partial charge is 0.390 e. The van der Waals surface area contributed by atoms with E-state index in [4.69, 9.17) is 11.6 Å². The molecule has 102 valence electrons. The Morgan fingerprint density at radius 2 is 2.11 bits per heavy atom. The van der Waals surface area contributed by atoms with Crippen LogP contribution in [-0.2, 0) is 6.42 Å². The van der Waals surface area contributed by atoms with Crippen LogP contribution in [-0.4, -0.2) is 23.8 Å². The molecule has 18 heavy (non-hydrogen) atoms. The van der Waals surface area contributed by atoms with Gasteiger partial charge in [-0.25, -0.2) is 4.39 Å². The minimum Gasteiger partial charge on any atom is -0.390 e. The lowest BCUT2D eigenvalue weighted by atomic mass is 9.93. The quantitative estimate of drug-likeness (QED) is 0.748. The number of aliphatic hydroxyl groups is 1. The Balaban J connectivity index is 2.55. The van der Waals surface area contributed by atoms with Crippen LogP contribution in [0, 0.1) is 5.82 Å². The second-order valence-corrected chi connectivity index (χ2v) is 5.32. The van der Waals surface area contributed by atoms with E-state index in [-0.39, 0.29) is 5.82 Å². The van der Waals surface area contributed by atoms with Crippen molar-refractivity contribution in [3.63, 3.8) is 0 Å². The Kier molecular flexibility index (Phi) is 6.06. The normalized spacial score (nSPS) is 14.5. The molecule has 1 aromatic rings. The molecule has 1 unspecified atom stereocenters. The van der Waals surface area contributed by atoms with E-state index >= 15 is 0 Å². The zero-order chi connectivity index (χ0) is 13.6. The van der Waals surface area contributed by atoms with Gasteiger partial charge in [0, 0.05) is 11.4 Å². The van der Waals surface area contributed by atoms with Crippen molar-refractivity contribution in [3.05, 3.63) is 34.6 Å². The minimum atomic E-state index is -0.877. The first-order valence-electron chi connectivity index (χ1n) is 6.31. The summed E-state index contributed by atoms with van der Waals surface area (Å²) in [5.41, 5.74) is -0.227. The summed E-state index contributed by atoms with van der Waals surface area (Å²) >= 11 is 5.99. The molecule has 0 saturated heterocycles. The van der Waals surface area contributed by atoms with E-state index in [0.29, 0.717) is 23.4 Å². The molecule has 0 bridgehead atoms. The summed E-state index contributed by atoms with van der Waals surface area (Å²) in [6, 6.07) is 4.23. The Morgan fingerprint density at radius 1 is 1.39 bits per heavy atom. The SMILES string of the molecule is CCCNCCC(C)(O)Cc1cc(F)ccc1Cl. The molecule has 0 aromatic heterocycles. The molecule has 0 saturated carbocycles. The van der Waals surface area contributed by atoms with E-state index in [9.17, 15) is 9.50 Å². The van der Waals surface area contributed by atoms with E-state index in [1.54, 1.807) is 6.92 Å². The van der Waals surface area contributed by atoms with Crippen LogP contribution in [0.5, 0.6) is 0 Å². The summed E-state index contributed by atoms with van der Waals surface area (Å²) in [5, 5.41) is 14.0. The molecule has 0 heterocycles. The van der Waals surface area contributed by atoms with Crippen LogP contribution in [0.2, 0.25) is 5.02 Å². The van der Waals surface area contributed by atoms with Gasteiger partial charge in [-0.15, -0.1) is 0 Å². The fourth-order valence-electron chi connectivity index (χ4n) is 1.84. The summed E-state index contributed by atoms with van der Waals surface area (Å²) in [6.45, 7) is 5.53. The van der Waals surface area contributed by atoms with Crippen molar-refractivity contribution < 1.29 is 9.50 Å². The van der Waals surface area contributed by atoms with Gasteiger partial charge in [0.25, 0.3) is 0 Å². The minimum absolute atomic E-state index is 0.325. The average Bonchev–Trinajstić information content (AvgIpc) is 2.29. The van der Waals surface area contributed by atoms with Gasteiger partial charge in [-0.1, -0.05) is 18.5 Å².